The smallest absolute Gasteiger partial charge is 0.240 e. The Morgan fingerprint density at radius 3 is 2.62 bits per heavy atom. The highest BCUT2D eigenvalue weighted by molar-refractivity contribution is 9.10. The van der Waals surface area contributed by atoms with Crippen molar-refractivity contribution in [3.8, 4) is 0 Å². The summed E-state index contributed by atoms with van der Waals surface area (Å²) in [6, 6.07) is 10.3. The number of rotatable bonds is 4. The van der Waals surface area contributed by atoms with Crippen molar-refractivity contribution in [2.75, 3.05) is 5.73 Å². The average molecular weight is 390 g/mol. The molecule has 0 atom stereocenters. The molecule has 0 bridgehead atoms. The second-order valence-corrected chi connectivity index (χ2v) is 7.66. The van der Waals surface area contributed by atoms with E-state index in [4.69, 9.17) is 17.3 Å². The van der Waals surface area contributed by atoms with Crippen LogP contribution >= 0.6 is 27.5 Å². The van der Waals surface area contributed by atoms with Crippen LogP contribution in [0.3, 0.4) is 0 Å². The number of hydrogen-bond donors (Lipinski definition) is 2. The van der Waals surface area contributed by atoms with Gasteiger partial charge in [0.15, 0.2) is 0 Å². The third-order valence-corrected chi connectivity index (χ3v) is 5.31. The number of benzene rings is 2. The van der Waals surface area contributed by atoms with E-state index < -0.39 is 10.0 Å². The molecule has 0 aromatic heterocycles. The third-order valence-electron chi connectivity index (χ3n) is 2.92. The van der Waals surface area contributed by atoms with Gasteiger partial charge in [-0.1, -0.05) is 39.7 Å². The first kappa shape index (κ1) is 16.3. The van der Waals surface area contributed by atoms with Crippen molar-refractivity contribution in [3.63, 3.8) is 0 Å². The summed E-state index contributed by atoms with van der Waals surface area (Å²) in [5.41, 5.74) is 7.44. The molecular weight excluding hydrogens is 376 g/mol. The summed E-state index contributed by atoms with van der Waals surface area (Å²) in [6.07, 6.45) is 0. The van der Waals surface area contributed by atoms with Crippen LogP contribution in [0.1, 0.15) is 11.1 Å². The minimum absolute atomic E-state index is 0.108. The molecule has 0 amide bonds. The fourth-order valence-electron chi connectivity index (χ4n) is 1.83. The monoisotopic (exact) mass is 388 g/mol. The molecule has 0 heterocycles. The highest BCUT2D eigenvalue weighted by atomic mass is 79.9. The lowest BCUT2D eigenvalue weighted by Gasteiger charge is -2.10. The van der Waals surface area contributed by atoms with Crippen molar-refractivity contribution in [2.45, 2.75) is 18.4 Å². The Labute approximate surface area is 137 Å². The van der Waals surface area contributed by atoms with Crippen LogP contribution < -0.4 is 10.5 Å². The lowest BCUT2D eigenvalue weighted by molar-refractivity contribution is 0.581. The van der Waals surface area contributed by atoms with Crippen molar-refractivity contribution in [2.24, 2.45) is 0 Å². The zero-order chi connectivity index (χ0) is 15.6. The Hall–Kier alpha value is -1.08. The second-order valence-electron chi connectivity index (χ2n) is 4.60. The number of halogens is 2. The molecule has 21 heavy (non-hydrogen) atoms. The summed E-state index contributed by atoms with van der Waals surface area (Å²) in [5, 5.41) is 0.376. The molecule has 0 unspecified atom stereocenters. The minimum atomic E-state index is -3.64. The molecule has 0 fully saturated rings. The van der Waals surface area contributed by atoms with E-state index in [1.807, 2.05) is 24.3 Å². The lowest BCUT2D eigenvalue weighted by Crippen LogP contribution is -2.23. The Morgan fingerprint density at radius 2 is 2.00 bits per heavy atom. The summed E-state index contributed by atoms with van der Waals surface area (Å²) in [4.78, 5) is 0.108. The van der Waals surface area contributed by atoms with E-state index in [1.165, 1.54) is 12.1 Å². The van der Waals surface area contributed by atoms with Gasteiger partial charge in [0.1, 0.15) is 0 Å². The van der Waals surface area contributed by atoms with Gasteiger partial charge in [-0.15, -0.1) is 0 Å². The molecule has 112 valence electrons. The van der Waals surface area contributed by atoms with Crippen LogP contribution in [0.15, 0.2) is 45.8 Å². The first-order chi connectivity index (χ1) is 9.79. The summed E-state index contributed by atoms with van der Waals surface area (Å²) >= 11 is 9.29. The summed E-state index contributed by atoms with van der Waals surface area (Å²) in [6.45, 7) is 1.91. The van der Waals surface area contributed by atoms with Crippen molar-refractivity contribution in [3.05, 3.63) is 57.0 Å². The van der Waals surface area contributed by atoms with Gasteiger partial charge in [0.05, 0.1) is 15.6 Å². The maximum absolute atomic E-state index is 12.3. The minimum Gasteiger partial charge on any atom is -0.397 e. The standard InChI is InChI=1S/C14H14BrClN2O2S/c1-9-5-12(7-13(17)14(9)16)21(19,20)18-8-10-3-2-4-11(15)6-10/h2-7,18H,8,17H2,1H3. The Kier molecular flexibility index (Phi) is 4.93. The third kappa shape index (κ3) is 3.97. The number of nitrogens with one attached hydrogen (secondary N) is 1. The molecule has 0 saturated carbocycles. The molecule has 0 aliphatic rings. The van der Waals surface area contributed by atoms with Gasteiger partial charge in [0.25, 0.3) is 0 Å². The zero-order valence-corrected chi connectivity index (χ0v) is 14.4. The van der Waals surface area contributed by atoms with E-state index in [0.717, 1.165) is 10.0 Å². The van der Waals surface area contributed by atoms with Crippen LogP contribution in [0, 0.1) is 6.92 Å². The van der Waals surface area contributed by atoms with E-state index in [9.17, 15) is 8.42 Å². The van der Waals surface area contributed by atoms with Gasteiger partial charge in [-0.3, -0.25) is 0 Å². The van der Waals surface area contributed by atoms with Gasteiger partial charge in [-0.2, -0.15) is 0 Å². The number of hydrogen-bond acceptors (Lipinski definition) is 3. The Morgan fingerprint density at radius 1 is 1.29 bits per heavy atom. The average Bonchev–Trinajstić information content (AvgIpc) is 2.42. The lowest BCUT2D eigenvalue weighted by atomic mass is 10.2. The number of aryl methyl sites for hydroxylation is 1. The molecule has 0 aliphatic carbocycles. The molecule has 3 N–H and O–H groups in total. The van der Waals surface area contributed by atoms with Crippen molar-refractivity contribution >= 4 is 43.2 Å². The predicted molar refractivity (Wildman–Crippen MR) is 88.8 cm³/mol. The van der Waals surface area contributed by atoms with E-state index in [-0.39, 0.29) is 17.1 Å². The SMILES string of the molecule is Cc1cc(S(=O)(=O)NCc2cccc(Br)c2)cc(N)c1Cl. The number of anilines is 1. The van der Waals surface area contributed by atoms with Crippen molar-refractivity contribution < 1.29 is 8.42 Å². The maximum Gasteiger partial charge on any atom is 0.240 e. The highest BCUT2D eigenvalue weighted by Gasteiger charge is 2.16. The van der Waals surface area contributed by atoms with Gasteiger partial charge in [-0.05, 0) is 42.3 Å². The summed E-state index contributed by atoms with van der Waals surface area (Å²) < 4.78 is 28.0. The largest absolute Gasteiger partial charge is 0.397 e. The fourth-order valence-corrected chi connectivity index (χ4v) is 3.52. The van der Waals surface area contributed by atoms with Crippen LogP contribution in [0.4, 0.5) is 5.69 Å². The second kappa shape index (κ2) is 6.36. The molecule has 2 rings (SSSR count). The molecule has 0 radical (unpaired) electrons. The molecule has 0 saturated heterocycles. The first-order valence-corrected chi connectivity index (χ1v) is 8.75. The van der Waals surface area contributed by atoms with Crippen LogP contribution in [-0.4, -0.2) is 8.42 Å². The summed E-state index contributed by atoms with van der Waals surface area (Å²) in [5.74, 6) is 0. The predicted octanol–water partition coefficient (Wildman–Crippen LogP) is 3.47. The molecule has 2 aromatic rings. The first-order valence-electron chi connectivity index (χ1n) is 6.09. The number of nitrogens with two attached hydrogens (primary N) is 1. The molecule has 0 aliphatic heterocycles. The normalized spacial score (nSPS) is 11.6. The van der Waals surface area contributed by atoms with E-state index in [0.29, 0.717) is 10.6 Å². The van der Waals surface area contributed by atoms with Crippen LogP contribution in [0.2, 0.25) is 5.02 Å². The maximum atomic E-state index is 12.3. The molecule has 7 heteroatoms. The number of sulfonamides is 1. The number of nitrogen functional groups attached to an aromatic ring is 1. The Balaban J connectivity index is 2.23. The molecular formula is C14H14BrClN2O2S. The zero-order valence-electron chi connectivity index (χ0n) is 11.2. The molecule has 0 spiro atoms. The molecule has 2 aromatic carbocycles. The van der Waals surface area contributed by atoms with E-state index >= 15 is 0 Å². The van der Waals surface area contributed by atoms with Crippen LogP contribution in [0.25, 0.3) is 0 Å². The highest BCUT2D eigenvalue weighted by Crippen LogP contribution is 2.26. The fraction of sp³-hybridized carbons (Fsp3) is 0.143. The Bertz CT molecular complexity index is 755. The van der Waals surface area contributed by atoms with Crippen molar-refractivity contribution in [1.29, 1.82) is 0 Å². The quantitative estimate of drug-likeness (QED) is 0.786. The topological polar surface area (TPSA) is 72.2 Å². The summed E-state index contributed by atoms with van der Waals surface area (Å²) in [7, 11) is -3.64. The molecule has 4 nitrogen and oxygen atoms in total. The van der Waals surface area contributed by atoms with Crippen LogP contribution in [-0.2, 0) is 16.6 Å². The van der Waals surface area contributed by atoms with Crippen molar-refractivity contribution in [1.82, 2.24) is 4.72 Å². The van der Waals surface area contributed by atoms with Gasteiger partial charge in [-0.25, -0.2) is 13.1 Å². The van der Waals surface area contributed by atoms with Gasteiger partial charge in [0, 0.05) is 11.0 Å². The van der Waals surface area contributed by atoms with E-state index in [2.05, 4.69) is 20.7 Å². The van der Waals surface area contributed by atoms with Crippen LogP contribution in [0.5, 0.6) is 0 Å². The van der Waals surface area contributed by atoms with Gasteiger partial charge >= 0.3 is 0 Å². The van der Waals surface area contributed by atoms with E-state index in [1.54, 1.807) is 6.92 Å². The van der Waals surface area contributed by atoms with Gasteiger partial charge < -0.3 is 5.73 Å². The van der Waals surface area contributed by atoms with Gasteiger partial charge in [0.2, 0.25) is 10.0 Å².